The molecule has 1 aromatic heterocycles. The highest BCUT2D eigenvalue weighted by Gasteiger charge is 2.48. The van der Waals surface area contributed by atoms with E-state index in [1.165, 1.54) is 35.2 Å². The predicted octanol–water partition coefficient (Wildman–Crippen LogP) is 5.96. The largest absolute Gasteiger partial charge is 0.507 e. The fraction of sp³-hybridized carbons (Fsp3) is 0.0417. The molecular formula is C24H13BrF2N2O3S. The van der Waals surface area contributed by atoms with E-state index in [4.69, 9.17) is 0 Å². The number of aromatic nitrogens is 1. The summed E-state index contributed by atoms with van der Waals surface area (Å²) in [6.45, 7) is 0. The molecule has 1 aliphatic rings. The summed E-state index contributed by atoms with van der Waals surface area (Å²) in [6, 6.07) is 15.0. The van der Waals surface area contributed by atoms with Gasteiger partial charge in [-0.3, -0.25) is 14.5 Å². The normalized spacial score (nSPS) is 17.8. The number of hydrogen-bond donors (Lipinski definition) is 1. The standard InChI is InChI=1S/C24H13BrF2N2O3S/c25-14-5-1-12(2-6-14)20-19(21(30)13-3-7-15(26)8-4-13)22(31)23(32)29(20)24-28-17-10-9-16(27)11-18(17)33-24/h1-11,20,30H/b21-19+/t20-/m0/s1. The Morgan fingerprint density at radius 3 is 2.33 bits per heavy atom. The molecule has 1 aliphatic heterocycles. The summed E-state index contributed by atoms with van der Waals surface area (Å²) in [7, 11) is 0. The van der Waals surface area contributed by atoms with Crippen molar-refractivity contribution in [2.24, 2.45) is 0 Å². The van der Waals surface area contributed by atoms with Crippen LogP contribution in [-0.4, -0.2) is 21.8 Å². The molecule has 0 unspecified atom stereocenters. The molecule has 1 N–H and O–H groups in total. The van der Waals surface area contributed by atoms with Crippen molar-refractivity contribution >= 4 is 60.1 Å². The summed E-state index contributed by atoms with van der Waals surface area (Å²) in [5.74, 6) is -3.13. The van der Waals surface area contributed by atoms with Gasteiger partial charge < -0.3 is 5.11 Å². The fourth-order valence-corrected chi connectivity index (χ4v) is 5.02. The summed E-state index contributed by atoms with van der Waals surface area (Å²) in [4.78, 5) is 31.9. The molecule has 0 bridgehead atoms. The molecule has 164 valence electrons. The van der Waals surface area contributed by atoms with Crippen molar-refractivity contribution < 1.29 is 23.5 Å². The van der Waals surface area contributed by atoms with Gasteiger partial charge in [0.15, 0.2) is 5.13 Å². The van der Waals surface area contributed by atoms with Gasteiger partial charge in [0, 0.05) is 10.0 Å². The second-order valence-electron chi connectivity index (χ2n) is 7.34. The van der Waals surface area contributed by atoms with E-state index in [2.05, 4.69) is 20.9 Å². The number of aliphatic hydroxyl groups excluding tert-OH is 1. The topological polar surface area (TPSA) is 70.5 Å². The molecule has 0 radical (unpaired) electrons. The zero-order chi connectivity index (χ0) is 23.3. The van der Waals surface area contributed by atoms with Gasteiger partial charge >= 0.3 is 5.91 Å². The third-order valence-corrected chi connectivity index (χ3v) is 6.84. The lowest BCUT2D eigenvalue weighted by Gasteiger charge is -2.23. The van der Waals surface area contributed by atoms with Gasteiger partial charge in [-0.05, 0) is 60.2 Å². The van der Waals surface area contributed by atoms with Crippen LogP contribution in [0.1, 0.15) is 17.2 Å². The number of carbonyl (C=O) groups excluding carboxylic acids is 2. The number of ketones is 1. The molecule has 4 aromatic rings. The maximum atomic E-state index is 13.7. The first-order chi connectivity index (χ1) is 15.8. The van der Waals surface area contributed by atoms with Crippen molar-refractivity contribution in [2.75, 3.05) is 4.90 Å². The van der Waals surface area contributed by atoms with E-state index < -0.39 is 35.1 Å². The minimum Gasteiger partial charge on any atom is -0.507 e. The van der Waals surface area contributed by atoms with Gasteiger partial charge in [-0.2, -0.15) is 0 Å². The van der Waals surface area contributed by atoms with Crippen molar-refractivity contribution in [3.05, 3.63) is 99.5 Å². The Morgan fingerprint density at radius 2 is 1.64 bits per heavy atom. The molecule has 0 saturated carbocycles. The van der Waals surface area contributed by atoms with E-state index >= 15 is 0 Å². The van der Waals surface area contributed by atoms with Crippen LogP contribution in [0.15, 0.2) is 76.8 Å². The summed E-state index contributed by atoms with van der Waals surface area (Å²) >= 11 is 4.43. The monoisotopic (exact) mass is 526 g/mol. The summed E-state index contributed by atoms with van der Waals surface area (Å²) in [6.07, 6.45) is 0. The molecule has 9 heteroatoms. The van der Waals surface area contributed by atoms with Gasteiger partial charge in [0.25, 0.3) is 5.78 Å². The lowest BCUT2D eigenvalue weighted by molar-refractivity contribution is -0.132. The van der Waals surface area contributed by atoms with Gasteiger partial charge in [-0.1, -0.05) is 39.4 Å². The van der Waals surface area contributed by atoms with Crippen LogP contribution < -0.4 is 4.90 Å². The summed E-state index contributed by atoms with van der Waals surface area (Å²) < 4.78 is 28.4. The van der Waals surface area contributed by atoms with Crippen molar-refractivity contribution in [1.29, 1.82) is 0 Å². The molecule has 5 rings (SSSR count). The molecule has 1 saturated heterocycles. The first-order valence-electron chi connectivity index (χ1n) is 9.72. The van der Waals surface area contributed by atoms with Crippen molar-refractivity contribution in [1.82, 2.24) is 4.98 Å². The number of hydrogen-bond acceptors (Lipinski definition) is 5. The number of carbonyl (C=O) groups is 2. The third kappa shape index (κ3) is 3.73. The molecule has 1 amide bonds. The number of benzene rings is 3. The minimum absolute atomic E-state index is 0.139. The van der Waals surface area contributed by atoms with E-state index in [0.29, 0.717) is 15.8 Å². The van der Waals surface area contributed by atoms with E-state index in [0.717, 1.165) is 27.9 Å². The highest BCUT2D eigenvalue weighted by molar-refractivity contribution is 9.10. The number of Topliss-reactive ketones (excluding diaryl/α,β-unsaturated/α-hetero) is 1. The van der Waals surface area contributed by atoms with E-state index in [1.807, 2.05) is 0 Å². The molecule has 0 spiro atoms. The second kappa shape index (κ2) is 8.17. The minimum atomic E-state index is -0.978. The van der Waals surface area contributed by atoms with Gasteiger partial charge in [0.05, 0.1) is 21.8 Å². The molecule has 1 atom stereocenters. The first-order valence-corrected chi connectivity index (χ1v) is 11.3. The van der Waals surface area contributed by atoms with E-state index in [9.17, 15) is 23.5 Å². The summed E-state index contributed by atoms with van der Waals surface area (Å²) in [5, 5.41) is 11.2. The number of rotatable bonds is 3. The highest BCUT2D eigenvalue weighted by atomic mass is 79.9. The molecule has 33 heavy (non-hydrogen) atoms. The predicted molar refractivity (Wildman–Crippen MR) is 125 cm³/mol. The van der Waals surface area contributed by atoms with Crippen LogP contribution in [0, 0.1) is 11.6 Å². The number of amides is 1. The summed E-state index contributed by atoms with van der Waals surface area (Å²) in [5.41, 5.74) is 1.10. The van der Waals surface area contributed by atoms with Crippen LogP contribution in [0.3, 0.4) is 0 Å². The number of fused-ring (bicyclic) bond motifs is 1. The van der Waals surface area contributed by atoms with Crippen LogP contribution >= 0.6 is 27.3 Å². The lowest BCUT2D eigenvalue weighted by atomic mass is 9.95. The number of thiazole rings is 1. The van der Waals surface area contributed by atoms with Crippen LogP contribution in [0.2, 0.25) is 0 Å². The number of anilines is 1. The van der Waals surface area contributed by atoms with Crippen LogP contribution in [0.5, 0.6) is 0 Å². The lowest BCUT2D eigenvalue weighted by Crippen LogP contribution is -2.29. The molecular weight excluding hydrogens is 514 g/mol. The number of halogens is 3. The second-order valence-corrected chi connectivity index (χ2v) is 9.26. The van der Waals surface area contributed by atoms with Crippen molar-refractivity contribution in [2.45, 2.75) is 6.04 Å². The van der Waals surface area contributed by atoms with Crippen molar-refractivity contribution in [3.8, 4) is 0 Å². The third-order valence-electron chi connectivity index (χ3n) is 5.29. The zero-order valence-corrected chi connectivity index (χ0v) is 19.0. The first kappa shape index (κ1) is 21.4. The maximum absolute atomic E-state index is 13.7. The number of aliphatic hydroxyl groups is 1. The maximum Gasteiger partial charge on any atom is 0.301 e. The van der Waals surface area contributed by atoms with Gasteiger partial charge in [-0.25, -0.2) is 13.8 Å². The Hall–Kier alpha value is -3.43. The molecule has 2 heterocycles. The molecule has 3 aromatic carbocycles. The molecule has 0 aliphatic carbocycles. The quantitative estimate of drug-likeness (QED) is 0.203. The average molecular weight is 527 g/mol. The average Bonchev–Trinajstić information content (AvgIpc) is 3.32. The van der Waals surface area contributed by atoms with Gasteiger partial charge in [-0.15, -0.1) is 0 Å². The van der Waals surface area contributed by atoms with E-state index in [-0.39, 0.29) is 16.3 Å². The Bertz CT molecular complexity index is 1450. The smallest absolute Gasteiger partial charge is 0.301 e. The molecule has 1 fully saturated rings. The Morgan fingerprint density at radius 1 is 0.970 bits per heavy atom. The Kier molecular flexibility index (Phi) is 5.30. The van der Waals surface area contributed by atoms with Crippen LogP contribution in [0.4, 0.5) is 13.9 Å². The highest BCUT2D eigenvalue weighted by Crippen LogP contribution is 2.44. The van der Waals surface area contributed by atoms with Crippen molar-refractivity contribution in [3.63, 3.8) is 0 Å². The fourth-order valence-electron chi connectivity index (χ4n) is 3.74. The zero-order valence-electron chi connectivity index (χ0n) is 16.6. The van der Waals surface area contributed by atoms with Crippen LogP contribution in [-0.2, 0) is 9.59 Å². The van der Waals surface area contributed by atoms with Gasteiger partial charge in [0.1, 0.15) is 17.4 Å². The number of nitrogens with zero attached hydrogens (tertiary/aromatic N) is 2. The molecule has 5 nitrogen and oxygen atoms in total. The SMILES string of the molecule is O=C1C(=O)N(c2nc3ccc(F)cc3s2)[C@@H](c2ccc(Br)cc2)/C1=C(\O)c1ccc(F)cc1. The Balaban J connectivity index is 1.73. The van der Waals surface area contributed by atoms with Crippen LogP contribution in [0.25, 0.3) is 16.0 Å². The van der Waals surface area contributed by atoms with E-state index in [1.54, 1.807) is 24.3 Å². The van der Waals surface area contributed by atoms with Gasteiger partial charge in [0.2, 0.25) is 0 Å². The Labute approximate surface area is 198 Å².